The molecule has 2 aromatic rings. The van der Waals surface area contributed by atoms with Crippen molar-refractivity contribution in [3.63, 3.8) is 0 Å². The van der Waals surface area contributed by atoms with E-state index in [0.29, 0.717) is 13.4 Å². The van der Waals surface area contributed by atoms with Crippen molar-refractivity contribution in [2.75, 3.05) is 0 Å². The summed E-state index contributed by atoms with van der Waals surface area (Å²) in [7, 11) is 0. The third-order valence-electron chi connectivity index (χ3n) is 4.65. The summed E-state index contributed by atoms with van der Waals surface area (Å²) in [6, 6.07) is 13.5. The summed E-state index contributed by atoms with van der Waals surface area (Å²) >= 11 is 0. The molecule has 1 aliphatic heterocycles. The van der Waals surface area contributed by atoms with Crippen molar-refractivity contribution in [3.8, 4) is 0 Å². The monoisotopic (exact) mass is 232 g/mol. The highest BCUT2D eigenvalue weighted by Crippen LogP contribution is 2.07. The summed E-state index contributed by atoms with van der Waals surface area (Å²) in [5, 5.41) is 0. The van der Waals surface area contributed by atoms with Gasteiger partial charge in [-0.3, -0.25) is 0 Å². The maximum Gasteiger partial charge on any atom is 0.205 e. The second kappa shape index (κ2) is 4.05. The van der Waals surface area contributed by atoms with Gasteiger partial charge in [-0.15, -0.1) is 0 Å². The Morgan fingerprint density at radius 3 is 2.00 bits per heavy atom. The van der Waals surface area contributed by atoms with Gasteiger partial charge in [0.2, 0.25) is 13.4 Å². The number of rotatable bonds is 0. The lowest BCUT2D eigenvalue weighted by Gasteiger charge is -2.30. The molecule has 2 heteroatoms. The molecule has 0 bridgehead atoms. The summed E-state index contributed by atoms with van der Waals surface area (Å²) in [6.45, 7) is 10.2. The predicted octanol–water partition coefficient (Wildman–Crippen LogP) is 1.09. The van der Waals surface area contributed by atoms with Crippen LogP contribution in [0.4, 0.5) is 0 Å². The van der Waals surface area contributed by atoms with E-state index >= 15 is 0 Å². The van der Waals surface area contributed by atoms with Crippen LogP contribution in [-0.4, -0.2) is 13.4 Å². The van der Waals surface area contributed by atoms with Crippen LogP contribution in [0, 0.1) is 13.8 Å². The number of fused-ring (bicyclic) bond motifs is 2. The Bertz CT molecular complexity index is 616. The molecule has 0 saturated heterocycles. The Labute approximate surface area is 111 Å². The third kappa shape index (κ3) is 1.48. The molecule has 1 aliphatic rings. The Morgan fingerprint density at radius 2 is 1.33 bits per heavy atom. The van der Waals surface area contributed by atoms with Crippen molar-refractivity contribution in [1.29, 1.82) is 0 Å². The summed E-state index contributed by atoms with van der Waals surface area (Å²) in [5.74, 6) is 0. The van der Waals surface area contributed by atoms with Crippen molar-refractivity contribution in [1.82, 2.24) is 0 Å². The van der Waals surface area contributed by atoms with Crippen molar-refractivity contribution >= 4 is 35.3 Å². The van der Waals surface area contributed by atoms with E-state index < -0.39 is 0 Å². The summed E-state index contributed by atoms with van der Waals surface area (Å²) in [6.07, 6.45) is 0. The van der Waals surface area contributed by atoms with Gasteiger partial charge in [0.1, 0.15) is 0 Å². The molecule has 0 aliphatic carbocycles. The Balaban J connectivity index is 2.30. The van der Waals surface area contributed by atoms with E-state index in [0.717, 1.165) is 0 Å². The summed E-state index contributed by atoms with van der Waals surface area (Å²) in [4.78, 5) is 0. The molecule has 0 spiro atoms. The van der Waals surface area contributed by atoms with Crippen LogP contribution in [0.25, 0.3) is 0 Å². The molecule has 0 nitrogen and oxygen atoms in total. The highest BCUT2D eigenvalue weighted by Gasteiger charge is 2.32. The number of hydrogen-bond donors (Lipinski definition) is 0. The van der Waals surface area contributed by atoms with Gasteiger partial charge in [0, 0.05) is 0 Å². The smallest absolute Gasteiger partial charge is 0.0794 e. The van der Waals surface area contributed by atoms with Gasteiger partial charge in [-0.1, -0.05) is 77.5 Å². The first-order chi connectivity index (χ1) is 8.61. The van der Waals surface area contributed by atoms with E-state index in [4.69, 9.17) is 0 Å². The lowest BCUT2D eigenvalue weighted by atomic mass is 9.25. The highest BCUT2D eigenvalue weighted by atomic mass is 14.1. The molecule has 0 N–H and O–H groups in total. The van der Waals surface area contributed by atoms with Crippen molar-refractivity contribution in [2.24, 2.45) is 0 Å². The molecular formula is C16H18B2. The van der Waals surface area contributed by atoms with Crippen LogP contribution in [0.15, 0.2) is 36.4 Å². The van der Waals surface area contributed by atoms with E-state index in [2.05, 4.69) is 63.9 Å². The average Bonchev–Trinajstić information content (AvgIpc) is 2.39. The minimum atomic E-state index is 0.520. The van der Waals surface area contributed by atoms with Crippen LogP contribution < -0.4 is 21.9 Å². The average molecular weight is 232 g/mol. The van der Waals surface area contributed by atoms with E-state index in [9.17, 15) is 0 Å². The third-order valence-corrected chi connectivity index (χ3v) is 4.65. The second-order valence-electron chi connectivity index (χ2n) is 5.58. The minimum Gasteiger partial charge on any atom is -0.0794 e. The largest absolute Gasteiger partial charge is 0.205 e. The molecular weight excluding hydrogens is 214 g/mol. The van der Waals surface area contributed by atoms with E-state index in [1.807, 2.05) is 0 Å². The van der Waals surface area contributed by atoms with Gasteiger partial charge in [-0.25, -0.2) is 0 Å². The number of benzene rings is 2. The topological polar surface area (TPSA) is 0 Å². The van der Waals surface area contributed by atoms with Crippen molar-refractivity contribution in [2.45, 2.75) is 27.5 Å². The molecule has 88 valence electrons. The maximum atomic E-state index is 2.34. The Morgan fingerprint density at radius 1 is 0.722 bits per heavy atom. The molecule has 18 heavy (non-hydrogen) atoms. The van der Waals surface area contributed by atoms with E-state index in [-0.39, 0.29) is 0 Å². The molecule has 0 unspecified atom stereocenters. The fourth-order valence-corrected chi connectivity index (χ4v) is 3.43. The SMILES string of the molecule is CB1c2ccccc2B(C)c2c1ccc(C)c2C. The van der Waals surface area contributed by atoms with Gasteiger partial charge in [0.05, 0.1) is 0 Å². The highest BCUT2D eigenvalue weighted by molar-refractivity contribution is 7.02. The van der Waals surface area contributed by atoms with Crippen LogP contribution in [0.1, 0.15) is 11.1 Å². The quantitative estimate of drug-likeness (QED) is 0.596. The number of aryl methyl sites for hydroxylation is 1. The van der Waals surface area contributed by atoms with Gasteiger partial charge in [-0.05, 0) is 19.4 Å². The molecule has 2 aromatic carbocycles. The molecule has 0 atom stereocenters. The summed E-state index contributed by atoms with van der Waals surface area (Å²) in [5.41, 5.74) is 8.96. The van der Waals surface area contributed by atoms with Crippen LogP contribution in [0.2, 0.25) is 13.6 Å². The van der Waals surface area contributed by atoms with Crippen molar-refractivity contribution < 1.29 is 0 Å². The van der Waals surface area contributed by atoms with Crippen LogP contribution in [-0.2, 0) is 0 Å². The number of hydrogen-bond acceptors (Lipinski definition) is 0. The summed E-state index contributed by atoms with van der Waals surface area (Å²) < 4.78 is 0. The van der Waals surface area contributed by atoms with Gasteiger partial charge in [0.15, 0.2) is 0 Å². The maximum absolute atomic E-state index is 2.34. The zero-order valence-corrected chi connectivity index (χ0v) is 11.6. The normalized spacial score (nSPS) is 13.3. The molecule has 0 amide bonds. The first kappa shape index (κ1) is 11.6. The zero-order valence-electron chi connectivity index (χ0n) is 11.6. The molecule has 0 saturated carbocycles. The first-order valence-electron chi connectivity index (χ1n) is 6.80. The molecule has 0 radical (unpaired) electrons. The molecule has 3 rings (SSSR count). The van der Waals surface area contributed by atoms with Gasteiger partial charge < -0.3 is 0 Å². The zero-order chi connectivity index (χ0) is 12.9. The van der Waals surface area contributed by atoms with Crippen LogP contribution in [0.5, 0.6) is 0 Å². The minimum absolute atomic E-state index is 0.520. The Hall–Kier alpha value is -1.43. The van der Waals surface area contributed by atoms with E-state index in [1.165, 1.54) is 27.5 Å². The molecule has 0 fully saturated rings. The van der Waals surface area contributed by atoms with Crippen LogP contribution >= 0.6 is 0 Å². The van der Waals surface area contributed by atoms with E-state index in [1.54, 1.807) is 5.46 Å². The van der Waals surface area contributed by atoms with Gasteiger partial charge in [0.25, 0.3) is 0 Å². The molecule has 1 heterocycles. The Kier molecular flexibility index (Phi) is 2.62. The fourth-order valence-electron chi connectivity index (χ4n) is 3.43. The van der Waals surface area contributed by atoms with Crippen LogP contribution in [0.3, 0.4) is 0 Å². The fraction of sp³-hybridized carbons (Fsp3) is 0.250. The van der Waals surface area contributed by atoms with Gasteiger partial charge >= 0.3 is 0 Å². The van der Waals surface area contributed by atoms with Gasteiger partial charge in [-0.2, -0.15) is 0 Å². The van der Waals surface area contributed by atoms with Crippen molar-refractivity contribution in [3.05, 3.63) is 47.5 Å². The predicted molar refractivity (Wildman–Crippen MR) is 84.1 cm³/mol. The standard InChI is InChI=1S/C16H18B2/c1-11-9-10-15-16(12(11)2)18(4)14-8-6-5-7-13(14)17(15)3/h5-10H,1-4H3. The lowest BCUT2D eigenvalue weighted by Crippen LogP contribution is -2.67. The first-order valence-corrected chi connectivity index (χ1v) is 6.80. The second-order valence-corrected chi connectivity index (χ2v) is 5.58. The lowest BCUT2D eigenvalue weighted by molar-refractivity contribution is 1.37. The molecule has 0 aromatic heterocycles.